The predicted octanol–water partition coefficient (Wildman–Crippen LogP) is -0.133. The van der Waals surface area contributed by atoms with Gasteiger partial charge in [-0.2, -0.15) is 0 Å². The molecule has 1 unspecified atom stereocenters. The molecule has 1 aliphatic heterocycles. The molecular weight excluding hydrogens is 599 g/mol. The van der Waals surface area contributed by atoms with Crippen molar-refractivity contribution in [2.45, 2.75) is 23.4 Å². The Kier molecular flexibility index (Phi) is 20.6. The molecule has 0 saturated carbocycles. The van der Waals surface area contributed by atoms with Crippen LogP contribution in [-0.2, 0) is 46.2 Å². The summed E-state index contributed by atoms with van der Waals surface area (Å²) in [6, 6.07) is 0. The van der Waals surface area contributed by atoms with Gasteiger partial charge in [0.05, 0.1) is 105 Å². The Balaban J connectivity index is 1.17. The predicted molar refractivity (Wildman–Crippen MR) is 146 cm³/mol. The van der Waals surface area contributed by atoms with Crippen LogP contribution in [0.4, 0.5) is 0 Å². The molecule has 216 valence electrons. The minimum atomic E-state index is 0.390. The molecule has 1 fully saturated rings. The van der Waals surface area contributed by atoms with Crippen LogP contribution >= 0.6 is 22.6 Å². The first-order valence-corrected chi connectivity index (χ1v) is 14.3. The maximum atomic E-state index is 5.56. The highest BCUT2D eigenvalue weighted by Gasteiger charge is 2.18. The van der Waals surface area contributed by atoms with E-state index in [2.05, 4.69) is 43.3 Å². The van der Waals surface area contributed by atoms with Crippen molar-refractivity contribution in [2.75, 3.05) is 112 Å². The second-order valence-electron chi connectivity index (χ2n) is 8.20. The number of hydrazine groups is 1. The van der Waals surface area contributed by atoms with E-state index in [9.17, 15) is 0 Å². The first-order chi connectivity index (χ1) is 18.3. The lowest BCUT2D eigenvalue weighted by Crippen LogP contribution is -2.38. The molecule has 0 bridgehead atoms. The lowest BCUT2D eigenvalue weighted by atomic mass is 10.4. The molecule has 0 aliphatic carbocycles. The van der Waals surface area contributed by atoms with Crippen LogP contribution in [0, 0.1) is 0 Å². The van der Waals surface area contributed by atoms with E-state index in [1.54, 1.807) is 4.68 Å². The molecule has 2 rings (SSSR count). The minimum absolute atomic E-state index is 0.390. The van der Waals surface area contributed by atoms with Crippen LogP contribution in [0.1, 0.15) is 12.1 Å². The molecule has 2 heterocycles. The molecule has 0 aromatic carbocycles. The third-order valence-electron chi connectivity index (χ3n) is 5.20. The van der Waals surface area contributed by atoms with Crippen molar-refractivity contribution < 1.29 is 33.2 Å². The maximum absolute atomic E-state index is 5.56. The van der Waals surface area contributed by atoms with Crippen molar-refractivity contribution in [3.8, 4) is 0 Å². The van der Waals surface area contributed by atoms with Gasteiger partial charge in [-0.3, -0.25) is 5.43 Å². The summed E-state index contributed by atoms with van der Waals surface area (Å²) in [6.07, 6.45) is 3.07. The Hall–Kier alpha value is -0.530. The molecule has 1 aliphatic rings. The molecular formula is C23H45IN6O7. The molecule has 0 radical (unpaired) electrons. The molecule has 14 heteroatoms. The average Bonchev–Trinajstić information content (AvgIpc) is 3.55. The van der Waals surface area contributed by atoms with Gasteiger partial charge in [0.1, 0.15) is 0 Å². The van der Waals surface area contributed by atoms with E-state index in [0.29, 0.717) is 106 Å². The van der Waals surface area contributed by atoms with E-state index in [-0.39, 0.29) is 0 Å². The van der Waals surface area contributed by atoms with Gasteiger partial charge in [0, 0.05) is 36.3 Å². The number of ether oxygens (including phenoxy) is 7. The molecule has 1 aromatic rings. The number of aromatic nitrogens is 3. The standard InChI is InChI=1S/C23H45IN6O7/c24-22-1-3-29(20-22)26-2-5-31-7-9-33-11-13-35-15-17-37-18-16-36-14-12-34-10-8-32-6-4-30-21-23(19-25)27-28-30/h21-22,26H,1-20,25H2. The highest BCUT2D eigenvalue weighted by molar-refractivity contribution is 14.1. The quantitative estimate of drug-likeness (QED) is 0.0790. The highest BCUT2D eigenvalue weighted by atomic mass is 127. The van der Waals surface area contributed by atoms with Gasteiger partial charge >= 0.3 is 0 Å². The minimum Gasteiger partial charge on any atom is -0.378 e. The van der Waals surface area contributed by atoms with Crippen LogP contribution in [0.15, 0.2) is 6.20 Å². The zero-order valence-electron chi connectivity index (χ0n) is 21.9. The van der Waals surface area contributed by atoms with Crippen molar-refractivity contribution in [2.24, 2.45) is 5.73 Å². The fourth-order valence-electron chi connectivity index (χ4n) is 3.26. The van der Waals surface area contributed by atoms with Gasteiger partial charge in [-0.15, -0.1) is 5.10 Å². The molecule has 3 N–H and O–H groups in total. The first-order valence-electron chi connectivity index (χ1n) is 13.0. The molecule has 1 saturated heterocycles. The largest absolute Gasteiger partial charge is 0.378 e. The van der Waals surface area contributed by atoms with E-state index in [1.807, 2.05) is 6.20 Å². The molecule has 1 aromatic heterocycles. The summed E-state index contributed by atoms with van der Waals surface area (Å²) in [5.74, 6) is 0. The molecule has 37 heavy (non-hydrogen) atoms. The zero-order chi connectivity index (χ0) is 26.2. The number of nitrogens with zero attached hydrogens (tertiary/aromatic N) is 4. The third kappa shape index (κ3) is 18.4. The van der Waals surface area contributed by atoms with E-state index >= 15 is 0 Å². The van der Waals surface area contributed by atoms with Crippen LogP contribution in [0.2, 0.25) is 0 Å². The second kappa shape index (κ2) is 23.4. The van der Waals surface area contributed by atoms with Crippen molar-refractivity contribution in [1.29, 1.82) is 0 Å². The zero-order valence-corrected chi connectivity index (χ0v) is 24.1. The Morgan fingerprint density at radius 3 is 1.70 bits per heavy atom. The third-order valence-corrected chi connectivity index (χ3v) is 6.22. The van der Waals surface area contributed by atoms with Crippen LogP contribution in [0.25, 0.3) is 0 Å². The van der Waals surface area contributed by atoms with E-state index in [0.717, 1.165) is 29.3 Å². The molecule has 0 amide bonds. The van der Waals surface area contributed by atoms with Crippen LogP contribution in [0.3, 0.4) is 0 Å². The topological polar surface area (TPSA) is 137 Å². The Labute approximate surface area is 234 Å². The lowest BCUT2D eigenvalue weighted by Gasteiger charge is -2.16. The van der Waals surface area contributed by atoms with Gasteiger partial charge in [0.2, 0.25) is 0 Å². The normalized spacial score (nSPS) is 16.2. The smallest absolute Gasteiger partial charge is 0.0962 e. The van der Waals surface area contributed by atoms with Crippen molar-refractivity contribution in [3.63, 3.8) is 0 Å². The SMILES string of the molecule is NCc1cn(CCOCCOCCOCCOCCOCCOCCOCCNN2CCC(I)C2)nn1. The number of rotatable bonds is 26. The summed E-state index contributed by atoms with van der Waals surface area (Å²) < 4.78 is 40.9. The second-order valence-corrected chi connectivity index (χ2v) is 9.97. The van der Waals surface area contributed by atoms with Crippen LogP contribution in [0.5, 0.6) is 0 Å². The lowest BCUT2D eigenvalue weighted by molar-refractivity contribution is -0.0209. The van der Waals surface area contributed by atoms with Gasteiger partial charge in [-0.25, -0.2) is 9.69 Å². The van der Waals surface area contributed by atoms with E-state index < -0.39 is 0 Å². The average molecular weight is 645 g/mol. The van der Waals surface area contributed by atoms with Gasteiger partial charge in [-0.1, -0.05) is 27.8 Å². The Morgan fingerprint density at radius 2 is 1.27 bits per heavy atom. The summed E-state index contributed by atoms with van der Waals surface area (Å²) in [5.41, 5.74) is 9.65. The van der Waals surface area contributed by atoms with Crippen molar-refractivity contribution in [1.82, 2.24) is 25.4 Å². The number of nitrogens with two attached hydrogens (primary N) is 1. The number of nitrogens with one attached hydrogen (secondary N) is 1. The van der Waals surface area contributed by atoms with Gasteiger partial charge in [0.15, 0.2) is 0 Å². The highest BCUT2D eigenvalue weighted by Crippen LogP contribution is 2.14. The maximum Gasteiger partial charge on any atom is 0.0962 e. The molecule has 13 nitrogen and oxygen atoms in total. The van der Waals surface area contributed by atoms with Gasteiger partial charge in [0.25, 0.3) is 0 Å². The van der Waals surface area contributed by atoms with E-state index in [1.165, 1.54) is 6.42 Å². The molecule has 0 spiro atoms. The Morgan fingerprint density at radius 1 is 0.784 bits per heavy atom. The summed E-state index contributed by atoms with van der Waals surface area (Å²) in [4.78, 5) is 0. The number of alkyl halides is 1. The summed E-state index contributed by atoms with van der Waals surface area (Å²) >= 11 is 2.50. The van der Waals surface area contributed by atoms with E-state index in [4.69, 9.17) is 38.9 Å². The number of halogens is 1. The fraction of sp³-hybridized carbons (Fsp3) is 0.913. The van der Waals surface area contributed by atoms with Crippen molar-refractivity contribution >= 4 is 22.6 Å². The first kappa shape index (κ1) is 32.7. The van der Waals surface area contributed by atoms with Gasteiger partial charge in [-0.05, 0) is 6.42 Å². The van der Waals surface area contributed by atoms with Gasteiger partial charge < -0.3 is 38.9 Å². The Bertz CT molecular complexity index is 648. The fourth-order valence-corrected chi connectivity index (χ4v) is 4.01. The number of hydrogen-bond donors (Lipinski definition) is 2. The molecule has 1 atom stereocenters. The van der Waals surface area contributed by atoms with Crippen molar-refractivity contribution in [3.05, 3.63) is 11.9 Å². The summed E-state index contributed by atoms with van der Waals surface area (Å²) in [5, 5.41) is 10.1. The summed E-state index contributed by atoms with van der Waals surface area (Å²) in [6.45, 7) is 11.8. The summed E-state index contributed by atoms with van der Waals surface area (Å²) in [7, 11) is 0. The van der Waals surface area contributed by atoms with Crippen LogP contribution in [-0.4, -0.2) is 136 Å². The monoisotopic (exact) mass is 644 g/mol. The van der Waals surface area contributed by atoms with Crippen LogP contribution < -0.4 is 11.2 Å². The number of hydrogen-bond acceptors (Lipinski definition) is 12.